The Balaban J connectivity index is 3.47. The normalized spacial score (nSPS) is 12.9. The molecule has 0 aliphatic carbocycles. The number of hydrogen-bond donors (Lipinski definition) is 3. The van der Waals surface area contributed by atoms with Crippen LogP contribution in [0.1, 0.15) is 322 Å². The van der Waals surface area contributed by atoms with Crippen molar-refractivity contribution in [2.24, 2.45) is 0 Å². The van der Waals surface area contributed by atoms with Crippen LogP contribution >= 0.6 is 0 Å². The molecule has 0 saturated carbocycles. The van der Waals surface area contributed by atoms with Crippen LogP contribution in [0.5, 0.6) is 0 Å². The molecular formula is C58H113NO3. The van der Waals surface area contributed by atoms with Gasteiger partial charge in [0.1, 0.15) is 0 Å². The molecule has 368 valence electrons. The molecule has 2 unspecified atom stereocenters. The van der Waals surface area contributed by atoms with E-state index in [1.807, 2.05) is 6.08 Å². The predicted molar refractivity (Wildman–Crippen MR) is 276 cm³/mol. The number of aliphatic hydroxyl groups is 2. The zero-order valence-corrected chi connectivity index (χ0v) is 42.4. The van der Waals surface area contributed by atoms with E-state index >= 15 is 0 Å². The Bertz CT molecular complexity index is 901. The first kappa shape index (κ1) is 60.9. The number of carbonyl (C=O) groups excluding carboxylic acids is 1. The minimum absolute atomic E-state index is 0.0595. The standard InChI is InChI=1S/C58H113NO3/c1-3-5-7-9-11-13-15-17-19-21-23-25-27-28-29-30-32-33-35-37-39-41-43-45-47-49-51-53-57(61)56(55-60)59-58(62)54-52-50-48-46-44-42-40-38-36-34-31-26-24-22-20-18-16-14-12-10-8-6-4-2/h22,24,51,53,56-57,60-61H,3-21,23,25-50,52,54-55H2,1-2H3,(H,59,62)/b24-22-,53-51+. The number of allylic oxidation sites excluding steroid dienone is 3. The first-order valence-electron chi connectivity index (χ1n) is 28.6. The third-order valence-corrected chi connectivity index (χ3v) is 13.4. The van der Waals surface area contributed by atoms with E-state index in [2.05, 4.69) is 31.3 Å². The quantitative estimate of drug-likeness (QED) is 0.0421. The van der Waals surface area contributed by atoms with Crippen molar-refractivity contribution in [2.45, 2.75) is 334 Å². The van der Waals surface area contributed by atoms with Gasteiger partial charge in [0.05, 0.1) is 18.8 Å². The predicted octanol–water partition coefficient (Wildman–Crippen LogP) is 18.7. The van der Waals surface area contributed by atoms with Crippen LogP contribution in [0.2, 0.25) is 0 Å². The van der Waals surface area contributed by atoms with Crippen molar-refractivity contribution < 1.29 is 15.0 Å². The highest BCUT2D eigenvalue weighted by atomic mass is 16.3. The minimum Gasteiger partial charge on any atom is -0.394 e. The van der Waals surface area contributed by atoms with Gasteiger partial charge >= 0.3 is 0 Å². The smallest absolute Gasteiger partial charge is 0.220 e. The molecule has 4 nitrogen and oxygen atoms in total. The molecule has 0 rings (SSSR count). The summed E-state index contributed by atoms with van der Waals surface area (Å²) in [6.07, 6.45) is 72.0. The van der Waals surface area contributed by atoms with Gasteiger partial charge in [-0.2, -0.15) is 0 Å². The van der Waals surface area contributed by atoms with E-state index < -0.39 is 12.1 Å². The van der Waals surface area contributed by atoms with Crippen LogP contribution in [-0.4, -0.2) is 34.9 Å². The zero-order valence-electron chi connectivity index (χ0n) is 42.4. The second kappa shape index (κ2) is 54.2. The van der Waals surface area contributed by atoms with Gasteiger partial charge < -0.3 is 15.5 Å². The fourth-order valence-electron chi connectivity index (χ4n) is 9.06. The van der Waals surface area contributed by atoms with Gasteiger partial charge in [0.15, 0.2) is 0 Å². The maximum absolute atomic E-state index is 12.5. The first-order chi connectivity index (χ1) is 30.7. The average Bonchev–Trinajstić information content (AvgIpc) is 3.28. The van der Waals surface area contributed by atoms with E-state index in [-0.39, 0.29) is 12.5 Å². The maximum atomic E-state index is 12.5. The molecule has 0 spiro atoms. The molecule has 4 heteroatoms. The Morgan fingerprint density at radius 3 is 0.887 bits per heavy atom. The lowest BCUT2D eigenvalue weighted by atomic mass is 10.0. The SMILES string of the molecule is CCCCCCCCCC/C=C\CCCCCCCCCCCCCC(=O)NC(CO)C(O)/C=C/CCCCCCCCCCCCCCCCCCCCCCCCCCC. The highest BCUT2D eigenvalue weighted by Gasteiger charge is 2.18. The van der Waals surface area contributed by atoms with Crippen molar-refractivity contribution in [3.05, 3.63) is 24.3 Å². The molecule has 0 saturated heterocycles. The summed E-state index contributed by atoms with van der Waals surface area (Å²) in [6, 6.07) is -0.621. The molecule has 0 aliphatic heterocycles. The van der Waals surface area contributed by atoms with Crippen LogP contribution in [0.15, 0.2) is 24.3 Å². The summed E-state index contributed by atoms with van der Waals surface area (Å²) in [6.45, 7) is 4.35. The van der Waals surface area contributed by atoms with Crippen LogP contribution in [0.3, 0.4) is 0 Å². The van der Waals surface area contributed by atoms with Gasteiger partial charge in [-0.3, -0.25) is 4.79 Å². The maximum Gasteiger partial charge on any atom is 0.220 e. The third-order valence-electron chi connectivity index (χ3n) is 13.4. The minimum atomic E-state index is -0.839. The van der Waals surface area contributed by atoms with Gasteiger partial charge in [-0.1, -0.05) is 295 Å². The second-order valence-corrected chi connectivity index (χ2v) is 19.7. The lowest BCUT2D eigenvalue weighted by Crippen LogP contribution is -2.45. The van der Waals surface area contributed by atoms with E-state index in [1.54, 1.807) is 6.08 Å². The van der Waals surface area contributed by atoms with Crippen LogP contribution in [0.25, 0.3) is 0 Å². The van der Waals surface area contributed by atoms with Gasteiger partial charge in [0.25, 0.3) is 0 Å². The van der Waals surface area contributed by atoms with E-state index in [9.17, 15) is 15.0 Å². The van der Waals surface area contributed by atoms with Crippen molar-refractivity contribution in [1.82, 2.24) is 5.32 Å². The molecule has 0 radical (unpaired) electrons. The van der Waals surface area contributed by atoms with Gasteiger partial charge in [-0.15, -0.1) is 0 Å². The molecule has 2 atom stereocenters. The molecular weight excluding hydrogens is 759 g/mol. The molecule has 0 aromatic heterocycles. The summed E-state index contributed by atoms with van der Waals surface area (Å²) in [5, 5.41) is 23.2. The van der Waals surface area contributed by atoms with E-state index in [1.165, 1.54) is 276 Å². The monoisotopic (exact) mass is 872 g/mol. The molecule has 0 aliphatic rings. The number of aliphatic hydroxyl groups excluding tert-OH is 2. The molecule has 0 bridgehead atoms. The highest BCUT2D eigenvalue weighted by Crippen LogP contribution is 2.17. The van der Waals surface area contributed by atoms with Crippen molar-refractivity contribution in [1.29, 1.82) is 0 Å². The average molecular weight is 873 g/mol. The fraction of sp³-hybridized carbons (Fsp3) is 0.914. The van der Waals surface area contributed by atoms with Gasteiger partial charge in [-0.25, -0.2) is 0 Å². The summed E-state index contributed by atoms with van der Waals surface area (Å²) in [5.41, 5.74) is 0. The largest absolute Gasteiger partial charge is 0.394 e. The lowest BCUT2D eigenvalue weighted by molar-refractivity contribution is -0.123. The molecule has 1 amide bonds. The lowest BCUT2D eigenvalue weighted by Gasteiger charge is -2.20. The summed E-state index contributed by atoms with van der Waals surface area (Å²) >= 11 is 0. The Kier molecular flexibility index (Phi) is 53.2. The van der Waals surface area contributed by atoms with Crippen LogP contribution in [0, 0.1) is 0 Å². The number of nitrogens with one attached hydrogen (secondary N) is 1. The van der Waals surface area contributed by atoms with Crippen LogP contribution < -0.4 is 5.32 Å². The highest BCUT2D eigenvalue weighted by molar-refractivity contribution is 5.76. The number of hydrogen-bond acceptors (Lipinski definition) is 3. The number of amides is 1. The third kappa shape index (κ3) is 49.9. The first-order valence-corrected chi connectivity index (χ1v) is 28.6. The molecule has 0 heterocycles. The van der Waals surface area contributed by atoms with Crippen LogP contribution in [-0.2, 0) is 4.79 Å². The number of unbranched alkanes of at least 4 members (excludes halogenated alkanes) is 44. The van der Waals surface area contributed by atoms with Crippen molar-refractivity contribution >= 4 is 5.91 Å². The molecule has 0 aromatic carbocycles. The van der Waals surface area contributed by atoms with Crippen molar-refractivity contribution in [3.63, 3.8) is 0 Å². The van der Waals surface area contributed by atoms with E-state index in [0.29, 0.717) is 6.42 Å². The summed E-state index contributed by atoms with van der Waals surface area (Å²) < 4.78 is 0. The molecule has 3 N–H and O–H groups in total. The fourth-order valence-corrected chi connectivity index (χ4v) is 9.06. The van der Waals surface area contributed by atoms with Crippen LogP contribution in [0.4, 0.5) is 0 Å². The van der Waals surface area contributed by atoms with Gasteiger partial charge in [0, 0.05) is 6.42 Å². The summed E-state index contributed by atoms with van der Waals surface area (Å²) in [5.74, 6) is -0.0595. The second-order valence-electron chi connectivity index (χ2n) is 19.7. The van der Waals surface area contributed by atoms with Crippen molar-refractivity contribution in [2.75, 3.05) is 6.61 Å². The van der Waals surface area contributed by atoms with E-state index in [4.69, 9.17) is 0 Å². The Labute approximate surface area is 389 Å². The Morgan fingerprint density at radius 2 is 0.613 bits per heavy atom. The molecule has 0 aromatic rings. The van der Waals surface area contributed by atoms with Gasteiger partial charge in [-0.05, 0) is 44.9 Å². The zero-order chi connectivity index (χ0) is 44.9. The Hall–Kier alpha value is -1.13. The number of rotatable bonds is 53. The number of carbonyl (C=O) groups is 1. The Morgan fingerprint density at radius 1 is 0.371 bits per heavy atom. The summed E-state index contributed by atoms with van der Waals surface area (Å²) in [7, 11) is 0. The van der Waals surface area contributed by atoms with Gasteiger partial charge in [0.2, 0.25) is 5.91 Å². The summed E-state index contributed by atoms with van der Waals surface area (Å²) in [4.78, 5) is 12.5. The molecule has 62 heavy (non-hydrogen) atoms. The van der Waals surface area contributed by atoms with E-state index in [0.717, 1.165) is 25.7 Å². The topological polar surface area (TPSA) is 69.6 Å². The van der Waals surface area contributed by atoms with Crippen molar-refractivity contribution in [3.8, 4) is 0 Å². The molecule has 0 fully saturated rings.